The van der Waals surface area contributed by atoms with Gasteiger partial charge in [-0.05, 0) is 40.9 Å². The van der Waals surface area contributed by atoms with Gasteiger partial charge in [-0.1, -0.05) is 12.1 Å². The number of thiocarbonyl (C=S) groups is 1. The Balaban J connectivity index is 1.67. The number of aromatic nitrogens is 2. The summed E-state index contributed by atoms with van der Waals surface area (Å²) >= 11 is 4.86. The Bertz CT molecular complexity index is 778. The molecule has 1 aromatic heterocycles. The average molecular weight is 332 g/mol. The van der Waals surface area contributed by atoms with Crippen molar-refractivity contribution in [2.45, 2.75) is 13.5 Å². The van der Waals surface area contributed by atoms with Gasteiger partial charge in [-0.2, -0.15) is 0 Å². The Morgan fingerprint density at radius 2 is 2.13 bits per heavy atom. The molecule has 1 aliphatic heterocycles. The maximum Gasteiger partial charge on any atom is 0.273 e. The molecule has 2 heterocycles. The number of hydrogen-bond acceptors (Lipinski definition) is 6. The maximum atomic E-state index is 11.6. The standard InChI is InChI=1S/C14H12N4O4S/c1-8-12(18(20)22-17-8)7-21-10-4-2-9(3-5-10)6-11-13(19)16-14(23)15-11/h2-6H,7H2,1H3,(H2,15,16,19,23)/b11-6+. The zero-order chi connectivity index (χ0) is 16.4. The first-order valence-corrected chi connectivity index (χ1v) is 7.06. The van der Waals surface area contributed by atoms with Gasteiger partial charge in [0.25, 0.3) is 5.91 Å². The molecule has 0 aliphatic carbocycles. The summed E-state index contributed by atoms with van der Waals surface area (Å²) in [4.78, 5) is 11.9. The molecule has 9 heteroatoms. The third kappa shape index (κ3) is 3.29. The summed E-state index contributed by atoms with van der Waals surface area (Å²) in [6.45, 7) is 1.72. The fourth-order valence-electron chi connectivity index (χ4n) is 1.95. The zero-order valence-corrected chi connectivity index (χ0v) is 12.8. The second kappa shape index (κ2) is 6.05. The lowest BCUT2D eigenvalue weighted by molar-refractivity contribution is -0.808. The number of ether oxygens (including phenoxy) is 1. The molecule has 8 nitrogen and oxygen atoms in total. The number of benzene rings is 1. The molecule has 2 aromatic rings. The van der Waals surface area contributed by atoms with Crippen LogP contribution in [0.5, 0.6) is 5.75 Å². The minimum atomic E-state index is -0.266. The molecule has 118 valence electrons. The van der Waals surface area contributed by atoms with Gasteiger partial charge in [0.1, 0.15) is 11.4 Å². The Kier molecular flexibility index (Phi) is 3.94. The molecule has 2 N–H and O–H groups in total. The Morgan fingerprint density at radius 3 is 2.70 bits per heavy atom. The van der Waals surface area contributed by atoms with Crippen LogP contribution in [0.15, 0.2) is 34.6 Å². The van der Waals surface area contributed by atoms with Gasteiger partial charge in [0, 0.05) is 12.1 Å². The van der Waals surface area contributed by atoms with Crippen LogP contribution in [0.25, 0.3) is 6.08 Å². The second-order valence-electron chi connectivity index (χ2n) is 4.79. The minimum Gasteiger partial charge on any atom is -0.485 e. The van der Waals surface area contributed by atoms with Crippen molar-refractivity contribution in [1.29, 1.82) is 0 Å². The van der Waals surface area contributed by atoms with Crippen LogP contribution in [0.3, 0.4) is 0 Å². The molecule has 1 aliphatic rings. The van der Waals surface area contributed by atoms with E-state index in [2.05, 4.69) is 20.4 Å². The molecule has 0 spiro atoms. The number of hydrogen-bond donors (Lipinski definition) is 2. The van der Waals surface area contributed by atoms with Gasteiger partial charge in [0.05, 0.1) is 0 Å². The first kappa shape index (κ1) is 15.0. The number of carbonyl (C=O) groups excluding carboxylic acids is 1. The van der Waals surface area contributed by atoms with E-state index in [9.17, 15) is 10.0 Å². The highest BCUT2D eigenvalue weighted by molar-refractivity contribution is 7.80. The molecular formula is C14H12N4O4S. The van der Waals surface area contributed by atoms with E-state index in [1.807, 2.05) is 0 Å². The molecule has 1 aromatic carbocycles. The molecule has 0 saturated carbocycles. The zero-order valence-electron chi connectivity index (χ0n) is 12.0. The molecule has 0 bridgehead atoms. The lowest BCUT2D eigenvalue weighted by atomic mass is 10.2. The number of nitrogens with one attached hydrogen (secondary N) is 2. The normalized spacial score (nSPS) is 15.6. The molecule has 3 rings (SSSR count). The predicted molar refractivity (Wildman–Crippen MR) is 82.8 cm³/mol. The van der Waals surface area contributed by atoms with Crippen molar-refractivity contribution in [3.63, 3.8) is 0 Å². The van der Waals surface area contributed by atoms with E-state index in [-0.39, 0.29) is 17.6 Å². The summed E-state index contributed by atoms with van der Waals surface area (Å²) in [7, 11) is 0. The summed E-state index contributed by atoms with van der Waals surface area (Å²) in [5.41, 5.74) is 1.99. The van der Waals surface area contributed by atoms with Crippen molar-refractivity contribution in [3.05, 3.63) is 52.1 Å². The summed E-state index contributed by atoms with van der Waals surface area (Å²) in [6.07, 6.45) is 1.67. The quantitative estimate of drug-likeness (QED) is 0.478. The number of amides is 1. The van der Waals surface area contributed by atoms with Gasteiger partial charge in [0.15, 0.2) is 11.7 Å². The van der Waals surface area contributed by atoms with E-state index in [0.717, 1.165) is 5.56 Å². The van der Waals surface area contributed by atoms with E-state index in [1.54, 1.807) is 37.3 Å². The highest BCUT2D eigenvalue weighted by Gasteiger charge is 2.19. The first-order valence-electron chi connectivity index (χ1n) is 6.65. The SMILES string of the molecule is Cc1no[n+]([O-])c1COc1ccc(/C=C2/NC(=S)NC2=O)cc1. The Morgan fingerprint density at radius 1 is 1.39 bits per heavy atom. The highest BCUT2D eigenvalue weighted by Crippen LogP contribution is 2.16. The minimum absolute atomic E-state index is 0.0531. The van der Waals surface area contributed by atoms with Crippen LogP contribution in [0.1, 0.15) is 17.0 Å². The Hall–Kier alpha value is -2.94. The van der Waals surface area contributed by atoms with Crippen molar-refractivity contribution < 1.29 is 19.1 Å². The summed E-state index contributed by atoms with van der Waals surface area (Å²) in [6, 6.07) is 7.03. The summed E-state index contributed by atoms with van der Waals surface area (Å²) in [5.74, 6) is 0.311. The average Bonchev–Trinajstić information content (AvgIpc) is 3.01. The Labute approximate surface area is 136 Å². The maximum absolute atomic E-state index is 11.6. The third-order valence-electron chi connectivity index (χ3n) is 3.18. The molecule has 1 amide bonds. The van der Waals surface area contributed by atoms with Crippen molar-refractivity contribution >= 4 is 29.3 Å². The lowest BCUT2D eigenvalue weighted by Gasteiger charge is -2.04. The molecule has 1 saturated heterocycles. The topological polar surface area (TPSA) is 103 Å². The molecule has 0 radical (unpaired) electrons. The van der Waals surface area contributed by atoms with Gasteiger partial charge in [-0.15, -0.1) is 0 Å². The van der Waals surface area contributed by atoms with E-state index in [1.165, 1.54) is 0 Å². The van der Waals surface area contributed by atoms with Gasteiger partial charge in [0.2, 0.25) is 11.4 Å². The van der Waals surface area contributed by atoms with Gasteiger partial charge < -0.3 is 15.3 Å². The van der Waals surface area contributed by atoms with E-state index >= 15 is 0 Å². The third-order valence-corrected chi connectivity index (χ3v) is 3.38. The number of carbonyl (C=O) groups is 1. The van der Waals surface area contributed by atoms with Crippen LogP contribution in [-0.2, 0) is 11.4 Å². The van der Waals surface area contributed by atoms with E-state index < -0.39 is 0 Å². The summed E-state index contributed by atoms with van der Waals surface area (Å²) in [5, 5.41) is 20.4. The first-order chi connectivity index (χ1) is 11.0. The summed E-state index contributed by atoms with van der Waals surface area (Å²) < 4.78 is 9.98. The second-order valence-corrected chi connectivity index (χ2v) is 5.19. The molecule has 1 fully saturated rings. The smallest absolute Gasteiger partial charge is 0.273 e. The van der Waals surface area contributed by atoms with Crippen LogP contribution < -0.4 is 20.3 Å². The number of nitrogens with zero attached hydrogens (tertiary/aromatic N) is 2. The van der Waals surface area contributed by atoms with Crippen molar-refractivity contribution in [2.75, 3.05) is 0 Å². The van der Waals surface area contributed by atoms with Crippen LogP contribution in [-0.4, -0.2) is 16.2 Å². The van der Waals surface area contributed by atoms with Crippen molar-refractivity contribution in [3.8, 4) is 5.75 Å². The predicted octanol–water partition coefficient (Wildman–Crippen LogP) is 0.541. The van der Waals surface area contributed by atoms with Crippen LogP contribution in [0.4, 0.5) is 0 Å². The molecule has 0 atom stereocenters. The van der Waals surface area contributed by atoms with Gasteiger partial charge >= 0.3 is 0 Å². The van der Waals surface area contributed by atoms with Crippen molar-refractivity contribution in [1.82, 2.24) is 15.8 Å². The van der Waals surface area contributed by atoms with E-state index in [4.69, 9.17) is 17.0 Å². The number of rotatable bonds is 4. The van der Waals surface area contributed by atoms with E-state index in [0.29, 0.717) is 27.7 Å². The van der Waals surface area contributed by atoms with Crippen LogP contribution >= 0.6 is 12.2 Å². The fourth-order valence-corrected chi connectivity index (χ4v) is 2.15. The lowest BCUT2D eigenvalue weighted by Crippen LogP contribution is -2.29. The van der Waals surface area contributed by atoms with Gasteiger partial charge in [-0.3, -0.25) is 14.7 Å². The van der Waals surface area contributed by atoms with Gasteiger partial charge in [-0.25, -0.2) is 0 Å². The molecule has 0 unspecified atom stereocenters. The van der Waals surface area contributed by atoms with Crippen LogP contribution in [0.2, 0.25) is 0 Å². The number of aryl methyl sites for hydroxylation is 1. The molecular weight excluding hydrogens is 320 g/mol. The monoisotopic (exact) mass is 332 g/mol. The van der Waals surface area contributed by atoms with Crippen LogP contribution in [0, 0.1) is 12.1 Å². The largest absolute Gasteiger partial charge is 0.485 e. The highest BCUT2D eigenvalue weighted by atomic mass is 32.1. The fraction of sp³-hybridized carbons (Fsp3) is 0.143. The molecule has 23 heavy (non-hydrogen) atoms. The van der Waals surface area contributed by atoms with Crippen molar-refractivity contribution in [2.24, 2.45) is 0 Å².